The summed E-state index contributed by atoms with van der Waals surface area (Å²) in [6.07, 6.45) is 1.64. The molecule has 3 nitrogen and oxygen atoms in total. The molecule has 0 amide bonds. The third kappa shape index (κ3) is 3.43. The number of hydrogen-bond acceptors (Lipinski definition) is 3. The molecule has 0 spiro atoms. The number of rotatable bonds is 3. The summed E-state index contributed by atoms with van der Waals surface area (Å²) in [5, 5.41) is 0.219. The zero-order valence-corrected chi connectivity index (χ0v) is 12.5. The fourth-order valence-corrected chi connectivity index (χ4v) is 2.02. The lowest BCUT2D eigenvalue weighted by Gasteiger charge is -2.35. The maximum atomic E-state index is 5.96. The molecule has 0 saturated heterocycles. The van der Waals surface area contributed by atoms with E-state index in [1.165, 1.54) is 0 Å². The third-order valence-electron chi connectivity index (χ3n) is 2.89. The Morgan fingerprint density at radius 2 is 2.07 bits per heavy atom. The van der Waals surface area contributed by atoms with Gasteiger partial charge in [-0.3, -0.25) is 0 Å². The molecule has 0 unspecified atom stereocenters. The van der Waals surface area contributed by atoms with Crippen molar-refractivity contribution in [3.05, 3.63) is 16.8 Å². The van der Waals surface area contributed by atoms with Crippen LogP contribution in [0.25, 0.3) is 0 Å². The van der Waals surface area contributed by atoms with Crippen molar-refractivity contribution in [2.75, 3.05) is 0 Å². The van der Waals surface area contributed by atoms with Gasteiger partial charge in [-0.15, -0.1) is 0 Å². The fraction of sp³-hybridized carbons (Fsp3) is 0.700. The Morgan fingerprint density at radius 1 is 1.47 bits per heavy atom. The Morgan fingerprint density at radius 3 is 2.47 bits per heavy atom. The summed E-state index contributed by atoms with van der Waals surface area (Å²) in [6, 6.07) is 0. The smallest absolute Gasteiger partial charge is 0.220 e. The second-order valence-electron chi connectivity index (χ2n) is 5.11. The summed E-state index contributed by atoms with van der Waals surface area (Å²) in [5.41, 5.74) is 0. The Balaban J connectivity index is 2.57. The average Bonchev–Trinajstić information content (AvgIpc) is 2.46. The van der Waals surface area contributed by atoms with Gasteiger partial charge in [0.15, 0.2) is 13.0 Å². The van der Waals surface area contributed by atoms with Crippen LogP contribution in [0.1, 0.15) is 26.7 Å². The Bertz CT molecular complexity index is 330. The van der Waals surface area contributed by atoms with E-state index in [1.807, 2.05) is 0 Å². The Hall–Kier alpha value is -0.133. The van der Waals surface area contributed by atoms with Crippen LogP contribution >= 0.6 is 15.9 Å². The van der Waals surface area contributed by atoms with Crippen LogP contribution in [0.5, 0.6) is 0 Å². The molecule has 15 heavy (non-hydrogen) atoms. The molecule has 0 radical (unpaired) electrons. The summed E-state index contributed by atoms with van der Waals surface area (Å²) < 4.78 is 11.9. The number of oxazole rings is 1. The minimum absolute atomic E-state index is 0.219. The van der Waals surface area contributed by atoms with E-state index in [0.29, 0.717) is 17.2 Å². The van der Waals surface area contributed by atoms with Gasteiger partial charge in [-0.25, -0.2) is 4.98 Å². The molecule has 1 aromatic rings. The van der Waals surface area contributed by atoms with Crippen molar-refractivity contribution in [3.63, 3.8) is 0 Å². The molecular formula is C10H18BrNO2Si. The molecule has 5 heteroatoms. The Labute approximate surface area is 100 Å². The highest BCUT2D eigenvalue weighted by Gasteiger charge is 2.37. The quantitative estimate of drug-likeness (QED) is 0.791. The van der Waals surface area contributed by atoms with Crippen LogP contribution in [0.15, 0.2) is 15.3 Å². The number of hydrogen-bond donors (Lipinski definition) is 0. The molecule has 0 aliphatic carbocycles. The highest BCUT2D eigenvalue weighted by Crippen LogP contribution is 2.37. The minimum Gasteiger partial charge on any atom is -0.432 e. The molecule has 0 saturated carbocycles. The van der Waals surface area contributed by atoms with Crippen LogP contribution in [0, 0.1) is 0 Å². The Kier molecular flexibility index (Phi) is 3.79. The van der Waals surface area contributed by atoms with Crippen LogP contribution in [0.2, 0.25) is 18.1 Å². The fourth-order valence-electron chi connectivity index (χ4n) is 0.813. The normalized spacial score (nSPS) is 13.2. The summed E-state index contributed by atoms with van der Waals surface area (Å²) in [5.74, 6) is 0.631. The van der Waals surface area contributed by atoms with E-state index in [2.05, 4.69) is 54.8 Å². The zero-order chi connectivity index (χ0) is 11.7. The van der Waals surface area contributed by atoms with Crippen molar-refractivity contribution in [2.24, 2.45) is 0 Å². The van der Waals surface area contributed by atoms with Crippen molar-refractivity contribution in [3.8, 4) is 0 Å². The number of halogens is 1. The molecule has 1 aromatic heterocycles. The monoisotopic (exact) mass is 291 g/mol. The largest absolute Gasteiger partial charge is 0.432 e. The maximum absolute atomic E-state index is 5.96. The van der Waals surface area contributed by atoms with Crippen molar-refractivity contribution in [1.82, 2.24) is 4.98 Å². The molecule has 0 fully saturated rings. The van der Waals surface area contributed by atoms with Crippen LogP contribution in [-0.4, -0.2) is 13.3 Å². The summed E-state index contributed by atoms with van der Waals surface area (Å²) >= 11 is 3.22. The highest BCUT2D eigenvalue weighted by atomic mass is 79.9. The molecule has 1 rings (SSSR count). The van der Waals surface area contributed by atoms with E-state index in [1.54, 1.807) is 6.20 Å². The van der Waals surface area contributed by atoms with E-state index < -0.39 is 8.32 Å². The van der Waals surface area contributed by atoms with Gasteiger partial charge in [-0.2, -0.15) is 0 Å². The third-order valence-corrected chi connectivity index (χ3v) is 7.73. The van der Waals surface area contributed by atoms with Crippen molar-refractivity contribution in [2.45, 2.75) is 45.5 Å². The van der Waals surface area contributed by atoms with Crippen molar-refractivity contribution in [1.29, 1.82) is 0 Å². The lowest BCUT2D eigenvalue weighted by atomic mass is 10.2. The van der Waals surface area contributed by atoms with E-state index in [9.17, 15) is 0 Å². The minimum atomic E-state index is -1.69. The molecule has 0 aliphatic rings. The van der Waals surface area contributed by atoms with Gasteiger partial charge < -0.3 is 8.84 Å². The summed E-state index contributed by atoms with van der Waals surface area (Å²) in [6.45, 7) is 11.5. The van der Waals surface area contributed by atoms with Crippen LogP contribution in [0.4, 0.5) is 0 Å². The summed E-state index contributed by atoms with van der Waals surface area (Å²) in [4.78, 5) is 4.08. The zero-order valence-electron chi connectivity index (χ0n) is 9.93. The van der Waals surface area contributed by atoms with Gasteiger partial charge >= 0.3 is 0 Å². The molecule has 1 heterocycles. The molecule has 86 valence electrons. The maximum Gasteiger partial charge on any atom is 0.220 e. The number of aromatic nitrogens is 1. The van der Waals surface area contributed by atoms with Crippen LogP contribution in [-0.2, 0) is 11.0 Å². The van der Waals surface area contributed by atoms with E-state index in [-0.39, 0.29) is 5.04 Å². The molecule has 0 atom stereocenters. The van der Waals surface area contributed by atoms with Gasteiger partial charge in [0.1, 0.15) is 6.61 Å². The van der Waals surface area contributed by atoms with Crippen molar-refractivity contribution >= 4 is 24.2 Å². The van der Waals surface area contributed by atoms with Gasteiger partial charge in [0.25, 0.3) is 0 Å². The summed E-state index contributed by atoms with van der Waals surface area (Å²) in [7, 11) is -1.69. The molecule has 0 bridgehead atoms. The van der Waals surface area contributed by atoms with Crippen LogP contribution in [0.3, 0.4) is 0 Å². The second-order valence-corrected chi connectivity index (χ2v) is 10.7. The molecular weight excluding hydrogens is 274 g/mol. The first-order chi connectivity index (χ1) is 6.72. The predicted octanol–water partition coefficient (Wildman–Crippen LogP) is 3.96. The lowest BCUT2D eigenvalue weighted by molar-refractivity contribution is 0.238. The van der Waals surface area contributed by atoms with E-state index in [4.69, 9.17) is 8.84 Å². The highest BCUT2D eigenvalue weighted by molar-refractivity contribution is 9.10. The van der Waals surface area contributed by atoms with Gasteiger partial charge in [0.2, 0.25) is 5.89 Å². The first-order valence-electron chi connectivity index (χ1n) is 4.96. The average molecular weight is 292 g/mol. The van der Waals surface area contributed by atoms with E-state index in [0.717, 1.165) is 0 Å². The molecule has 0 aromatic carbocycles. The van der Waals surface area contributed by atoms with Crippen LogP contribution < -0.4 is 0 Å². The first kappa shape index (κ1) is 12.9. The van der Waals surface area contributed by atoms with E-state index >= 15 is 0 Å². The second kappa shape index (κ2) is 4.39. The van der Waals surface area contributed by atoms with Crippen molar-refractivity contribution < 1.29 is 8.84 Å². The standard InChI is InChI=1S/C10H18BrNO2Si/c1-10(2,3)15(4,5)13-7-9-12-6-8(11)14-9/h6H,7H2,1-5H3. The SMILES string of the molecule is CC(C)(C)[Si](C)(C)OCc1ncc(Br)o1. The topological polar surface area (TPSA) is 35.3 Å². The lowest BCUT2D eigenvalue weighted by Crippen LogP contribution is -2.40. The van der Waals surface area contributed by atoms with Gasteiger partial charge in [-0.1, -0.05) is 20.8 Å². The molecule has 0 aliphatic heterocycles. The van der Waals surface area contributed by atoms with Gasteiger partial charge in [0, 0.05) is 0 Å². The molecule has 0 N–H and O–H groups in total. The predicted molar refractivity (Wildman–Crippen MR) is 66.2 cm³/mol. The van der Waals surface area contributed by atoms with Gasteiger partial charge in [-0.05, 0) is 34.1 Å². The van der Waals surface area contributed by atoms with Gasteiger partial charge in [0.05, 0.1) is 6.20 Å². The first-order valence-corrected chi connectivity index (χ1v) is 8.67. The number of nitrogens with zero attached hydrogens (tertiary/aromatic N) is 1.